The van der Waals surface area contributed by atoms with Gasteiger partial charge in [-0.05, 0) is 18.2 Å². The lowest BCUT2D eigenvalue weighted by Gasteiger charge is -2.07. The van der Waals surface area contributed by atoms with E-state index in [4.69, 9.17) is 11.6 Å². The Bertz CT molecular complexity index is 748. The van der Waals surface area contributed by atoms with Crippen molar-refractivity contribution in [1.82, 2.24) is 24.3 Å². The van der Waals surface area contributed by atoms with Crippen molar-refractivity contribution in [3.63, 3.8) is 0 Å². The fourth-order valence-electron chi connectivity index (χ4n) is 2.25. The van der Waals surface area contributed by atoms with Gasteiger partial charge in [-0.2, -0.15) is 0 Å². The minimum Gasteiger partial charge on any atom is -0.327 e. The lowest BCUT2D eigenvalue weighted by Crippen LogP contribution is -2.08. The Hall–Kier alpha value is -1.40. The number of hydrogen-bond acceptors (Lipinski definition) is 3. The van der Waals surface area contributed by atoms with E-state index in [-0.39, 0.29) is 0 Å². The van der Waals surface area contributed by atoms with Crippen LogP contribution in [0.5, 0.6) is 0 Å². The second-order valence-electron chi connectivity index (χ2n) is 4.55. The molecule has 104 valence electrons. The summed E-state index contributed by atoms with van der Waals surface area (Å²) < 4.78 is 5.09. The maximum atomic E-state index is 6.01. The Kier molecular flexibility index (Phi) is 3.76. The number of halogens is 2. The summed E-state index contributed by atoms with van der Waals surface area (Å²) in [5, 5.41) is 8.00. The molecule has 0 N–H and O–H groups in total. The predicted octanol–water partition coefficient (Wildman–Crippen LogP) is 2.91. The normalized spacial score (nSPS) is 11.3. The summed E-state index contributed by atoms with van der Waals surface area (Å²) in [7, 11) is 1.95. The van der Waals surface area contributed by atoms with Crippen molar-refractivity contribution in [3.05, 3.63) is 40.6 Å². The van der Waals surface area contributed by atoms with E-state index in [1.54, 1.807) is 6.33 Å². The first-order valence-corrected chi connectivity index (χ1v) is 7.55. The lowest BCUT2D eigenvalue weighted by molar-refractivity contribution is 0.645. The van der Waals surface area contributed by atoms with Crippen LogP contribution in [0.15, 0.2) is 29.0 Å². The van der Waals surface area contributed by atoms with Gasteiger partial charge in [0.05, 0.1) is 16.9 Å². The highest BCUT2D eigenvalue weighted by Gasteiger charge is 2.11. The molecular weight excluding hydrogens is 342 g/mol. The van der Waals surface area contributed by atoms with Crippen LogP contribution in [0.1, 0.15) is 11.6 Å². The molecule has 0 saturated carbocycles. The van der Waals surface area contributed by atoms with Crippen LogP contribution < -0.4 is 0 Å². The second kappa shape index (κ2) is 5.54. The van der Waals surface area contributed by atoms with Crippen LogP contribution >= 0.6 is 27.5 Å². The van der Waals surface area contributed by atoms with Crippen molar-refractivity contribution in [2.24, 2.45) is 7.05 Å². The van der Waals surface area contributed by atoms with Crippen LogP contribution in [0.2, 0.25) is 0 Å². The average Bonchev–Trinajstić information content (AvgIpc) is 2.99. The fraction of sp³-hybridized carbons (Fsp3) is 0.308. The lowest BCUT2D eigenvalue weighted by atomic mass is 10.3. The number of benzene rings is 1. The van der Waals surface area contributed by atoms with E-state index in [1.165, 1.54) is 0 Å². The Morgan fingerprint density at radius 3 is 2.85 bits per heavy atom. The summed E-state index contributed by atoms with van der Waals surface area (Å²) >= 11 is 9.47. The fourth-order valence-corrected chi connectivity index (χ4v) is 2.80. The molecule has 0 amide bonds. The molecule has 3 rings (SSSR count). The van der Waals surface area contributed by atoms with Gasteiger partial charge in [0.25, 0.3) is 0 Å². The summed E-state index contributed by atoms with van der Waals surface area (Å²) in [6.07, 6.45) is 2.50. The van der Waals surface area contributed by atoms with E-state index in [9.17, 15) is 0 Å². The maximum Gasteiger partial charge on any atom is 0.134 e. The van der Waals surface area contributed by atoms with E-state index in [1.807, 2.05) is 23.7 Å². The Labute approximate surface area is 129 Å². The van der Waals surface area contributed by atoms with Crippen molar-refractivity contribution in [2.75, 3.05) is 0 Å². The van der Waals surface area contributed by atoms with Gasteiger partial charge < -0.3 is 9.13 Å². The molecule has 2 heterocycles. The molecule has 5 nitrogen and oxygen atoms in total. The Morgan fingerprint density at radius 2 is 2.15 bits per heavy atom. The number of fused-ring (bicyclic) bond motifs is 1. The Balaban J connectivity index is 1.95. The van der Waals surface area contributed by atoms with E-state index >= 15 is 0 Å². The number of imidazole rings is 1. The standard InChI is InChI=1S/C13H13BrClN5/c1-19-8-16-18-12(19)4-5-20-11-3-2-9(14)6-10(11)17-13(20)7-15/h2-3,6,8H,4-5,7H2,1H3. The van der Waals surface area contributed by atoms with Gasteiger partial charge in [-0.1, -0.05) is 15.9 Å². The Morgan fingerprint density at radius 1 is 1.30 bits per heavy atom. The van der Waals surface area contributed by atoms with Crippen LogP contribution in [0.3, 0.4) is 0 Å². The van der Waals surface area contributed by atoms with Gasteiger partial charge in [0.1, 0.15) is 18.0 Å². The van der Waals surface area contributed by atoms with Crippen molar-refractivity contribution in [2.45, 2.75) is 18.8 Å². The van der Waals surface area contributed by atoms with Crippen molar-refractivity contribution in [3.8, 4) is 0 Å². The molecule has 20 heavy (non-hydrogen) atoms. The van der Waals surface area contributed by atoms with E-state index < -0.39 is 0 Å². The van der Waals surface area contributed by atoms with Crippen molar-refractivity contribution in [1.29, 1.82) is 0 Å². The first-order chi connectivity index (χ1) is 9.69. The smallest absolute Gasteiger partial charge is 0.134 e. The molecule has 0 unspecified atom stereocenters. The van der Waals surface area contributed by atoms with Gasteiger partial charge in [-0.15, -0.1) is 21.8 Å². The van der Waals surface area contributed by atoms with Crippen LogP contribution in [-0.4, -0.2) is 24.3 Å². The van der Waals surface area contributed by atoms with Crippen molar-refractivity contribution < 1.29 is 0 Å². The highest BCUT2D eigenvalue weighted by molar-refractivity contribution is 9.10. The molecule has 0 aliphatic carbocycles. The van der Waals surface area contributed by atoms with E-state index in [0.717, 1.165) is 40.1 Å². The highest BCUT2D eigenvalue weighted by Crippen LogP contribution is 2.22. The molecule has 0 spiro atoms. The third kappa shape index (κ3) is 2.45. The van der Waals surface area contributed by atoms with Crippen molar-refractivity contribution >= 4 is 38.6 Å². The zero-order chi connectivity index (χ0) is 14.1. The number of rotatable bonds is 4. The number of hydrogen-bond donors (Lipinski definition) is 0. The topological polar surface area (TPSA) is 48.5 Å². The molecule has 0 saturated heterocycles. The molecular formula is C13H13BrClN5. The molecule has 7 heteroatoms. The third-order valence-electron chi connectivity index (χ3n) is 3.27. The van der Waals surface area contributed by atoms with Crippen LogP contribution in [-0.2, 0) is 25.9 Å². The number of aryl methyl sites for hydroxylation is 3. The first-order valence-electron chi connectivity index (χ1n) is 6.22. The second-order valence-corrected chi connectivity index (χ2v) is 5.74. The van der Waals surface area contributed by atoms with Gasteiger partial charge in [0.15, 0.2) is 0 Å². The van der Waals surface area contributed by atoms with Crippen LogP contribution in [0.4, 0.5) is 0 Å². The van der Waals surface area contributed by atoms with Gasteiger partial charge in [0, 0.05) is 24.5 Å². The van der Waals surface area contributed by atoms with Gasteiger partial charge in [0.2, 0.25) is 0 Å². The van der Waals surface area contributed by atoms with E-state index in [0.29, 0.717) is 5.88 Å². The number of aromatic nitrogens is 5. The summed E-state index contributed by atoms with van der Waals surface area (Å²) in [4.78, 5) is 4.57. The minimum atomic E-state index is 0.394. The summed E-state index contributed by atoms with van der Waals surface area (Å²) in [6.45, 7) is 0.784. The molecule has 2 aromatic heterocycles. The molecule has 1 aromatic carbocycles. The number of nitrogens with zero attached hydrogens (tertiary/aromatic N) is 5. The molecule has 0 aliphatic heterocycles. The van der Waals surface area contributed by atoms with Gasteiger partial charge in [-0.3, -0.25) is 0 Å². The zero-order valence-electron chi connectivity index (χ0n) is 10.9. The van der Waals surface area contributed by atoms with E-state index in [2.05, 4.69) is 41.7 Å². The molecule has 0 bridgehead atoms. The summed E-state index contributed by atoms with van der Waals surface area (Å²) in [5.41, 5.74) is 2.04. The molecule has 0 fully saturated rings. The average molecular weight is 355 g/mol. The highest BCUT2D eigenvalue weighted by atomic mass is 79.9. The SMILES string of the molecule is Cn1cnnc1CCn1c(CCl)nc2cc(Br)ccc21. The van der Waals surface area contributed by atoms with Gasteiger partial charge in [-0.25, -0.2) is 4.98 Å². The summed E-state index contributed by atoms with van der Waals surface area (Å²) in [6, 6.07) is 6.07. The van der Waals surface area contributed by atoms with Gasteiger partial charge >= 0.3 is 0 Å². The molecule has 0 atom stereocenters. The third-order valence-corrected chi connectivity index (χ3v) is 4.01. The monoisotopic (exact) mass is 353 g/mol. The predicted molar refractivity (Wildman–Crippen MR) is 81.7 cm³/mol. The summed E-state index contributed by atoms with van der Waals surface area (Å²) in [5.74, 6) is 2.22. The maximum absolute atomic E-state index is 6.01. The minimum absolute atomic E-state index is 0.394. The van der Waals surface area contributed by atoms with Crippen LogP contribution in [0.25, 0.3) is 11.0 Å². The quantitative estimate of drug-likeness (QED) is 0.677. The largest absolute Gasteiger partial charge is 0.327 e. The number of alkyl halides is 1. The first kappa shape index (κ1) is 13.6. The molecule has 0 aliphatic rings. The molecule has 3 aromatic rings. The van der Waals surface area contributed by atoms with Crippen LogP contribution in [0, 0.1) is 0 Å². The zero-order valence-corrected chi connectivity index (χ0v) is 13.3. The molecule has 0 radical (unpaired) electrons.